The highest BCUT2D eigenvalue weighted by molar-refractivity contribution is 6.02. The first-order valence-corrected chi connectivity index (χ1v) is 9.55. The second-order valence-electron chi connectivity index (χ2n) is 7.05. The van der Waals surface area contributed by atoms with Crippen LogP contribution < -0.4 is 11.1 Å². The molecule has 4 rings (SSSR count). The van der Waals surface area contributed by atoms with E-state index < -0.39 is 0 Å². The summed E-state index contributed by atoms with van der Waals surface area (Å²) in [4.78, 5) is 17.4. The van der Waals surface area contributed by atoms with Gasteiger partial charge in [-0.15, -0.1) is 0 Å². The Hall–Kier alpha value is -3.57. The van der Waals surface area contributed by atoms with Crippen molar-refractivity contribution >= 4 is 17.2 Å². The summed E-state index contributed by atoms with van der Waals surface area (Å²) in [6.45, 7) is 0.627. The molecule has 1 atom stereocenters. The summed E-state index contributed by atoms with van der Waals surface area (Å²) in [5.74, 6) is 0.118. The molecule has 5 heteroatoms. The molecule has 0 saturated heterocycles. The summed E-state index contributed by atoms with van der Waals surface area (Å²) in [6.07, 6.45) is 4.45. The number of nitrogens with zero attached hydrogens (tertiary/aromatic N) is 1. The van der Waals surface area contributed by atoms with Crippen molar-refractivity contribution in [2.45, 2.75) is 12.5 Å². The van der Waals surface area contributed by atoms with Gasteiger partial charge in [0, 0.05) is 29.4 Å². The van der Waals surface area contributed by atoms with Crippen molar-refractivity contribution in [1.82, 2.24) is 10.3 Å². The summed E-state index contributed by atoms with van der Waals surface area (Å²) in [5, 5.41) is 10.9. The van der Waals surface area contributed by atoms with Crippen LogP contribution in [0, 0.1) is 5.41 Å². The van der Waals surface area contributed by atoms with Crippen LogP contribution in [0.5, 0.6) is 0 Å². The molecule has 2 aromatic carbocycles. The van der Waals surface area contributed by atoms with Crippen LogP contribution in [0.2, 0.25) is 0 Å². The van der Waals surface area contributed by atoms with Gasteiger partial charge in [0.25, 0.3) is 0 Å². The van der Waals surface area contributed by atoms with Gasteiger partial charge in [-0.25, -0.2) is 0 Å². The highest BCUT2D eigenvalue weighted by atomic mass is 16.1. The highest BCUT2D eigenvalue weighted by Crippen LogP contribution is 2.25. The first kappa shape index (κ1) is 18.8. The van der Waals surface area contributed by atoms with Crippen LogP contribution in [-0.4, -0.2) is 29.2 Å². The molecule has 1 aromatic heterocycles. The molecule has 0 spiro atoms. The molecule has 0 aliphatic carbocycles. The van der Waals surface area contributed by atoms with Gasteiger partial charge in [-0.05, 0) is 35.8 Å². The molecule has 0 amide bonds. The van der Waals surface area contributed by atoms with Crippen molar-refractivity contribution in [3.8, 4) is 11.3 Å². The van der Waals surface area contributed by atoms with Crippen molar-refractivity contribution in [1.29, 1.82) is 5.41 Å². The third-order valence-electron chi connectivity index (χ3n) is 5.13. The van der Waals surface area contributed by atoms with Gasteiger partial charge in [-0.2, -0.15) is 0 Å². The minimum absolute atomic E-state index is 0.0435. The highest BCUT2D eigenvalue weighted by Gasteiger charge is 2.24. The van der Waals surface area contributed by atoms with Crippen LogP contribution in [0.1, 0.15) is 27.9 Å². The number of nitrogen functional groups attached to an aromatic ring is 1. The van der Waals surface area contributed by atoms with Crippen molar-refractivity contribution in [2.24, 2.45) is 5.73 Å². The number of hydrogen-bond donors (Lipinski definition) is 3. The molecule has 1 unspecified atom stereocenters. The van der Waals surface area contributed by atoms with Crippen LogP contribution in [0.4, 0.5) is 0 Å². The quantitative estimate of drug-likeness (QED) is 0.357. The first-order chi connectivity index (χ1) is 14.1. The Morgan fingerprint density at radius 2 is 1.83 bits per heavy atom. The lowest BCUT2D eigenvalue weighted by Gasteiger charge is -2.24. The number of nitrogens with two attached hydrogens (primary N) is 1. The fourth-order valence-corrected chi connectivity index (χ4v) is 3.55. The number of aromatic nitrogens is 1. The smallest absolute Gasteiger partial charge is 0.180 e. The van der Waals surface area contributed by atoms with Gasteiger partial charge in [-0.1, -0.05) is 54.6 Å². The van der Waals surface area contributed by atoms with E-state index in [4.69, 9.17) is 11.1 Å². The number of amidine groups is 1. The van der Waals surface area contributed by atoms with E-state index in [0.717, 1.165) is 22.4 Å². The van der Waals surface area contributed by atoms with E-state index in [-0.39, 0.29) is 17.7 Å². The minimum Gasteiger partial charge on any atom is -0.384 e. The Bertz CT molecular complexity index is 1070. The van der Waals surface area contributed by atoms with E-state index in [1.807, 2.05) is 66.7 Å². The van der Waals surface area contributed by atoms with E-state index in [0.29, 0.717) is 24.1 Å². The lowest BCUT2D eigenvalue weighted by molar-refractivity contribution is 0.0945. The summed E-state index contributed by atoms with van der Waals surface area (Å²) < 4.78 is 0. The lowest BCUT2D eigenvalue weighted by atomic mass is 9.90. The summed E-state index contributed by atoms with van der Waals surface area (Å²) >= 11 is 0. The topological polar surface area (TPSA) is 91.9 Å². The molecular formula is C24H22N4O. The van der Waals surface area contributed by atoms with Gasteiger partial charge < -0.3 is 11.1 Å². The largest absolute Gasteiger partial charge is 0.384 e. The fourth-order valence-electron chi connectivity index (χ4n) is 3.55. The number of pyridine rings is 1. The van der Waals surface area contributed by atoms with Crippen molar-refractivity contribution < 1.29 is 4.79 Å². The second kappa shape index (κ2) is 8.20. The van der Waals surface area contributed by atoms with E-state index in [2.05, 4.69) is 16.4 Å². The maximum Gasteiger partial charge on any atom is 0.180 e. The maximum atomic E-state index is 13.0. The Kier molecular flexibility index (Phi) is 5.31. The van der Waals surface area contributed by atoms with Crippen LogP contribution in [-0.2, 0) is 0 Å². The van der Waals surface area contributed by atoms with Gasteiger partial charge in [0.05, 0.1) is 11.7 Å². The molecule has 1 aliphatic heterocycles. The van der Waals surface area contributed by atoms with Crippen molar-refractivity contribution in [3.05, 3.63) is 95.7 Å². The molecule has 3 aromatic rings. The molecule has 0 bridgehead atoms. The monoisotopic (exact) mass is 382 g/mol. The number of hydrogen-bond acceptors (Lipinski definition) is 4. The summed E-state index contributed by atoms with van der Waals surface area (Å²) in [6, 6.07) is 20.7. The van der Waals surface area contributed by atoms with Gasteiger partial charge in [-0.3, -0.25) is 15.2 Å². The predicted octanol–water partition coefficient (Wildman–Crippen LogP) is 3.66. The molecular weight excluding hydrogens is 360 g/mol. The molecule has 144 valence electrons. The van der Waals surface area contributed by atoms with Gasteiger partial charge in [0.2, 0.25) is 0 Å². The number of Topliss-reactive ketones (excluding diaryl/α,β-unsaturated/α-hetero) is 1. The van der Waals surface area contributed by atoms with Crippen LogP contribution in [0.25, 0.3) is 16.8 Å². The maximum absolute atomic E-state index is 13.0. The molecule has 29 heavy (non-hydrogen) atoms. The molecule has 4 N–H and O–H groups in total. The molecule has 5 nitrogen and oxygen atoms in total. The normalized spacial score (nSPS) is 16.1. The molecule has 1 aliphatic rings. The van der Waals surface area contributed by atoms with Crippen LogP contribution in [0.15, 0.2) is 79.0 Å². The Morgan fingerprint density at radius 3 is 2.55 bits per heavy atom. The number of carbonyl (C=O) groups excluding carboxylic acids is 1. The average molecular weight is 382 g/mol. The minimum atomic E-state index is -0.281. The molecule has 2 heterocycles. The van der Waals surface area contributed by atoms with Crippen molar-refractivity contribution in [2.75, 3.05) is 6.54 Å². The number of nitrogens with one attached hydrogen (secondary N) is 2. The summed E-state index contributed by atoms with van der Waals surface area (Å²) in [5.41, 5.74) is 11.0. The summed E-state index contributed by atoms with van der Waals surface area (Å²) in [7, 11) is 0. The number of carbonyl (C=O) groups is 1. The van der Waals surface area contributed by atoms with E-state index in [1.54, 1.807) is 6.20 Å². The van der Waals surface area contributed by atoms with Gasteiger partial charge in [0.15, 0.2) is 5.78 Å². The van der Waals surface area contributed by atoms with E-state index >= 15 is 0 Å². The Balaban J connectivity index is 1.50. The zero-order valence-electron chi connectivity index (χ0n) is 15.9. The molecule has 0 saturated carbocycles. The molecule has 0 fully saturated rings. The molecule has 0 radical (unpaired) electrons. The average Bonchev–Trinajstić information content (AvgIpc) is 2.79. The fraction of sp³-hybridized carbons (Fsp3) is 0.125. The standard InChI is InChI=1S/C24H22N4O/c25-24(26)20-5-3-4-18(14-20)19-11-13-28-22(15-19)23(29)17-9-7-16(8-10-17)21-6-1-2-12-27-21/h1-12,14,22,28H,13,15H2,(H3,25,26). The van der Waals surface area contributed by atoms with E-state index in [9.17, 15) is 4.79 Å². The first-order valence-electron chi connectivity index (χ1n) is 9.55. The number of ketones is 1. The van der Waals surface area contributed by atoms with Crippen LogP contribution >= 0.6 is 0 Å². The zero-order valence-corrected chi connectivity index (χ0v) is 15.9. The third-order valence-corrected chi connectivity index (χ3v) is 5.13. The number of benzene rings is 2. The third kappa shape index (κ3) is 4.15. The Labute approximate surface area is 169 Å². The van der Waals surface area contributed by atoms with Crippen LogP contribution in [0.3, 0.4) is 0 Å². The Morgan fingerprint density at radius 1 is 1.00 bits per heavy atom. The lowest BCUT2D eigenvalue weighted by Crippen LogP contribution is -2.39. The predicted molar refractivity (Wildman–Crippen MR) is 116 cm³/mol. The van der Waals surface area contributed by atoms with E-state index in [1.165, 1.54) is 0 Å². The number of rotatable bonds is 5. The van der Waals surface area contributed by atoms with Gasteiger partial charge >= 0.3 is 0 Å². The SMILES string of the molecule is N=C(N)c1cccc(C2=CCNC(C(=O)c3ccc(-c4ccccn4)cc3)C2)c1. The van der Waals surface area contributed by atoms with Gasteiger partial charge in [0.1, 0.15) is 5.84 Å². The zero-order chi connectivity index (χ0) is 20.2. The van der Waals surface area contributed by atoms with Crippen molar-refractivity contribution in [3.63, 3.8) is 0 Å². The second-order valence-corrected chi connectivity index (χ2v) is 7.05.